The smallest absolute Gasteiger partial charge is 0.360 e. The fraction of sp³-hybridized carbons (Fsp3) is 0.750. The monoisotopic (exact) mass is 171 g/mol. The number of halogens is 2. The molecule has 0 fully saturated rings. The molecule has 3 N–H and O–H groups in total. The lowest BCUT2D eigenvalue weighted by Gasteiger charge is -2.09. The van der Waals surface area contributed by atoms with E-state index in [9.17, 15) is 13.6 Å². The van der Waals surface area contributed by atoms with E-state index in [0.29, 0.717) is 0 Å². The van der Waals surface area contributed by atoms with Crippen LogP contribution in [0.25, 0.3) is 0 Å². The molecule has 1 atom stereocenters. The molecular formula is C4H7F2NO4. The Morgan fingerprint density at radius 2 is 2.18 bits per heavy atom. The van der Waals surface area contributed by atoms with Crippen LogP contribution in [-0.4, -0.2) is 35.4 Å². The average molecular weight is 171 g/mol. The minimum absolute atomic E-state index is 0.817. The molecule has 0 aliphatic carbocycles. The molecule has 0 aliphatic rings. The SMILES string of the molecule is O=C(O)C(CO)NOC(F)F. The molecule has 0 heterocycles. The Morgan fingerprint density at radius 3 is 2.45 bits per heavy atom. The molecule has 0 spiro atoms. The van der Waals surface area contributed by atoms with Gasteiger partial charge in [-0.25, -0.2) is 4.84 Å². The van der Waals surface area contributed by atoms with Crippen molar-refractivity contribution in [1.82, 2.24) is 5.48 Å². The van der Waals surface area contributed by atoms with Gasteiger partial charge in [-0.2, -0.15) is 14.3 Å². The first kappa shape index (κ1) is 10.2. The van der Waals surface area contributed by atoms with Crippen molar-refractivity contribution in [1.29, 1.82) is 0 Å². The average Bonchev–Trinajstić information content (AvgIpc) is 1.87. The summed E-state index contributed by atoms with van der Waals surface area (Å²) in [5.74, 6) is -1.46. The van der Waals surface area contributed by atoms with Gasteiger partial charge >= 0.3 is 12.6 Å². The lowest BCUT2D eigenvalue weighted by Crippen LogP contribution is -2.40. The van der Waals surface area contributed by atoms with E-state index in [2.05, 4.69) is 4.84 Å². The van der Waals surface area contributed by atoms with Gasteiger partial charge in [0.25, 0.3) is 0 Å². The van der Waals surface area contributed by atoms with Gasteiger partial charge in [-0.1, -0.05) is 0 Å². The first-order valence-electron chi connectivity index (χ1n) is 2.61. The van der Waals surface area contributed by atoms with E-state index >= 15 is 0 Å². The Balaban J connectivity index is 3.61. The molecule has 0 radical (unpaired) electrons. The van der Waals surface area contributed by atoms with E-state index in [1.54, 1.807) is 0 Å². The number of hydrogen-bond donors (Lipinski definition) is 3. The zero-order chi connectivity index (χ0) is 8.85. The number of rotatable bonds is 5. The van der Waals surface area contributed by atoms with Crippen LogP contribution in [0.2, 0.25) is 0 Å². The van der Waals surface area contributed by atoms with Gasteiger partial charge < -0.3 is 10.2 Å². The third-order valence-corrected chi connectivity index (χ3v) is 0.780. The zero-order valence-electron chi connectivity index (χ0n) is 5.33. The highest BCUT2D eigenvalue weighted by atomic mass is 19.3. The number of carbonyl (C=O) groups is 1. The van der Waals surface area contributed by atoms with E-state index in [1.807, 2.05) is 0 Å². The normalized spacial score (nSPS) is 13.5. The summed E-state index contributed by atoms with van der Waals surface area (Å²) < 4.78 is 22.5. The summed E-state index contributed by atoms with van der Waals surface area (Å²) in [5.41, 5.74) is 1.47. The van der Waals surface area contributed by atoms with Crippen LogP contribution in [0, 0.1) is 0 Å². The number of hydrogen-bond acceptors (Lipinski definition) is 4. The highest BCUT2D eigenvalue weighted by Gasteiger charge is 2.17. The fourth-order valence-corrected chi connectivity index (χ4v) is 0.299. The molecule has 0 saturated heterocycles. The van der Waals surface area contributed by atoms with Crippen LogP contribution < -0.4 is 5.48 Å². The predicted octanol–water partition coefficient (Wildman–Crippen LogP) is -0.824. The Kier molecular flexibility index (Phi) is 4.59. The molecule has 0 aliphatic heterocycles. The van der Waals surface area contributed by atoms with Gasteiger partial charge in [0.1, 0.15) is 0 Å². The maximum atomic E-state index is 11.2. The van der Waals surface area contributed by atoms with Crippen LogP contribution in [0.3, 0.4) is 0 Å². The van der Waals surface area contributed by atoms with Crippen molar-refractivity contribution in [2.45, 2.75) is 12.7 Å². The van der Waals surface area contributed by atoms with Gasteiger partial charge in [-0.3, -0.25) is 4.79 Å². The summed E-state index contributed by atoms with van der Waals surface area (Å²) in [7, 11) is 0. The Morgan fingerprint density at radius 1 is 1.64 bits per heavy atom. The molecular weight excluding hydrogens is 164 g/mol. The highest BCUT2D eigenvalue weighted by Crippen LogP contribution is 1.92. The molecule has 0 amide bonds. The molecule has 0 rings (SSSR count). The molecule has 7 heteroatoms. The number of alkyl halides is 2. The van der Waals surface area contributed by atoms with Gasteiger partial charge in [-0.05, 0) is 0 Å². The fourth-order valence-electron chi connectivity index (χ4n) is 0.299. The first-order chi connectivity index (χ1) is 5.07. The van der Waals surface area contributed by atoms with E-state index in [0.717, 1.165) is 0 Å². The third-order valence-electron chi connectivity index (χ3n) is 0.780. The predicted molar refractivity (Wildman–Crippen MR) is 28.7 cm³/mol. The van der Waals surface area contributed by atoms with E-state index in [4.69, 9.17) is 10.2 Å². The number of carboxylic acids is 1. The summed E-state index contributed by atoms with van der Waals surface area (Å²) in [4.78, 5) is 13.4. The lowest BCUT2D eigenvalue weighted by molar-refractivity contribution is -0.190. The maximum absolute atomic E-state index is 11.2. The molecule has 66 valence electrons. The second kappa shape index (κ2) is 4.94. The van der Waals surface area contributed by atoms with Crippen molar-refractivity contribution in [2.24, 2.45) is 0 Å². The molecule has 0 saturated carbocycles. The largest absolute Gasteiger partial charge is 0.480 e. The number of aliphatic hydroxyl groups excluding tert-OH is 1. The van der Waals surface area contributed by atoms with Gasteiger partial charge in [-0.15, -0.1) is 0 Å². The quantitative estimate of drug-likeness (QED) is 0.471. The number of nitrogens with one attached hydrogen (secondary N) is 1. The van der Waals surface area contributed by atoms with Gasteiger partial charge in [0.2, 0.25) is 0 Å². The van der Waals surface area contributed by atoms with Crippen molar-refractivity contribution in [3.05, 3.63) is 0 Å². The van der Waals surface area contributed by atoms with Crippen LogP contribution in [-0.2, 0) is 9.63 Å². The first-order valence-corrected chi connectivity index (χ1v) is 2.61. The van der Waals surface area contributed by atoms with Crippen LogP contribution in [0.4, 0.5) is 8.78 Å². The second-order valence-corrected chi connectivity index (χ2v) is 1.57. The Labute approximate surface area is 60.5 Å². The van der Waals surface area contributed by atoms with Crippen molar-refractivity contribution < 1.29 is 28.6 Å². The molecule has 0 aromatic rings. The van der Waals surface area contributed by atoms with Gasteiger partial charge in [0.05, 0.1) is 6.61 Å². The van der Waals surface area contributed by atoms with Crippen LogP contribution in [0.15, 0.2) is 0 Å². The van der Waals surface area contributed by atoms with Crippen LogP contribution in [0.1, 0.15) is 0 Å². The van der Waals surface area contributed by atoms with Crippen molar-refractivity contribution >= 4 is 5.97 Å². The summed E-state index contributed by atoms with van der Waals surface area (Å²) in [6, 6.07) is -1.52. The van der Waals surface area contributed by atoms with Crippen LogP contribution >= 0.6 is 0 Å². The van der Waals surface area contributed by atoms with Gasteiger partial charge in [0.15, 0.2) is 6.04 Å². The van der Waals surface area contributed by atoms with Crippen LogP contribution in [0.5, 0.6) is 0 Å². The number of aliphatic carboxylic acids is 1. The van der Waals surface area contributed by atoms with E-state index < -0.39 is 25.2 Å². The minimum Gasteiger partial charge on any atom is -0.480 e. The van der Waals surface area contributed by atoms with Crippen molar-refractivity contribution in [3.8, 4) is 0 Å². The maximum Gasteiger partial charge on any atom is 0.360 e. The molecule has 0 bridgehead atoms. The minimum atomic E-state index is -3.11. The number of carboxylic acid groups (broad SMARTS) is 1. The molecule has 5 nitrogen and oxygen atoms in total. The summed E-state index contributed by atoms with van der Waals surface area (Å²) >= 11 is 0. The number of aliphatic hydroxyl groups is 1. The van der Waals surface area contributed by atoms with E-state index in [-0.39, 0.29) is 0 Å². The van der Waals surface area contributed by atoms with Gasteiger partial charge in [0, 0.05) is 0 Å². The molecule has 0 aromatic carbocycles. The second-order valence-electron chi connectivity index (χ2n) is 1.57. The lowest BCUT2D eigenvalue weighted by atomic mass is 10.3. The molecule has 1 unspecified atom stereocenters. The topological polar surface area (TPSA) is 78.8 Å². The van der Waals surface area contributed by atoms with E-state index in [1.165, 1.54) is 5.48 Å². The highest BCUT2D eigenvalue weighted by molar-refractivity contribution is 5.73. The standard InChI is InChI=1S/C4H7F2NO4/c5-4(6)11-7-2(1-8)3(9)10/h2,4,7-8H,1H2,(H,9,10). The summed E-state index contributed by atoms with van der Waals surface area (Å²) in [6.07, 6.45) is 0. The Hall–Kier alpha value is -0.790. The van der Waals surface area contributed by atoms with Crippen molar-refractivity contribution in [3.63, 3.8) is 0 Å². The molecule has 11 heavy (non-hydrogen) atoms. The summed E-state index contributed by atoms with van der Waals surface area (Å²) in [6.45, 7) is -3.93. The summed E-state index contributed by atoms with van der Waals surface area (Å²) in [5, 5.41) is 16.4. The zero-order valence-corrected chi connectivity index (χ0v) is 5.33. The number of hydroxylamine groups is 1. The Bertz CT molecular complexity index is 131. The molecule has 0 aromatic heterocycles. The third kappa shape index (κ3) is 4.59. The van der Waals surface area contributed by atoms with Crippen molar-refractivity contribution in [2.75, 3.05) is 6.61 Å².